The quantitative estimate of drug-likeness (QED) is 0.286. The molecule has 10 heteroatoms. The van der Waals surface area contributed by atoms with Gasteiger partial charge < -0.3 is 10.1 Å². The monoisotopic (exact) mass is 505 g/mol. The molecule has 0 unspecified atom stereocenters. The van der Waals surface area contributed by atoms with Gasteiger partial charge in [-0.3, -0.25) is 9.51 Å². The van der Waals surface area contributed by atoms with Crippen LogP contribution in [0.1, 0.15) is 22.9 Å². The smallest absolute Gasteiger partial charge is 0.439 e. The van der Waals surface area contributed by atoms with Gasteiger partial charge >= 0.3 is 5.76 Å². The van der Waals surface area contributed by atoms with Crippen molar-refractivity contribution in [1.82, 2.24) is 20.1 Å². The fourth-order valence-corrected chi connectivity index (χ4v) is 5.38. The standard InChI is InChI=1S/C26H24FN5O3S/c1-4-34-22-10-16(5-6-19(22)25-31-26(33)35-32-25)21-12-23(30-13-29-21)28-8-7-18-15(3)36-24-14(2)9-17(27)11-20(18)24/h5-6,9-13H,4,7-8H2,1-3H3,(H,28,29,30)(H,31,32,33). The van der Waals surface area contributed by atoms with E-state index in [1.807, 2.05) is 32.0 Å². The Labute approximate surface area is 210 Å². The van der Waals surface area contributed by atoms with E-state index in [1.165, 1.54) is 11.2 Å². The van der Waals surface area contributed by atoms with Gasteiger partial charge in [0.2, 0.25) is 0 Å². The van der Waals surface area contributed by atoms with E-state index in [1.54, 1.807) is 29.5 Å². The van der Waals surface area contributed by atoms with Gasteiger partial charge in [0.25, 0.3) is 0 Å². The van der Waals surface area contributed by atoms with Crippen LogP contribution in [0.4, 0.5) is 10.2 Å². The molecule has 36 heavy (non-hydrogen) atoms. The van der Waals surface area contributed by atoms with Crippen molar-refractivity contribution in [3.8, 4) is 28.4 Å². The van der Waals surface area contributed by atoms with E-state index in [2.05, 4.69) is 36.9 Å². The lowest BCUT2D eigenvalue weighted by molar-refractivity contribution is 0.341. The van der Waals surface area contributed by atoms with Crippen molar-refractivity contribution in [3.63, 3.8) is 0 Å². The summed E-state index contributed by atoms with van der Waals surface area (Å²) in [4.78, 5) is 23.9. The highest BCUT2D eigenvalue weighted by Gasteiger charge is 2.15. The van der Waals surface area contributed by atoms with E-state index < -0.39 is 5.76 Å². The van der Waals surface area contributed by atoms with Gasteiger partial charge in [0.15, 0.2) is 5.82 Å². The molecule has 8 nitrogen and oxygen atoms in total. The minimum absolute atomic E-state index is 0.209. The summed E-state index contributed by atoms with van der Waals surface area (Å²) >= 11 is 1.70. The molecule has 2 aromatic carbocycles. The van der Waals surface area contributed by atoms with E-state index in [0.29, 0.717) is 41.8 Å². The maximum absolute atomic E-state index is 14.0. The predicted octanol–water partition coefficient (Wildman–Crippen LogP) is 5.51. The Balaban J connectivity index is 1.35. The number of fused-ring (bicyclic) bond motifs is 1. The summed E-state index contributed by atoms with van der Waals surface area (Å²) in [6.07, 6.45) is 2.25. The molecule has 3 heterocycles. The van der Waals surface area contributed by atoms with E-state index in [4.69, 9.17) is 4.74 Å². The Morgan fingerprint density at radius 2 is 2.03 bits per heavy atom. The lowest BCUT2D eigenvalue weighted by Crippen LogP contribution is -2.07. The first kappa shape index (κ1) is 23.7. The van der Waals surface area contributed by atoms with E-state index >= 15 is 0 Å². The molecule has 0 saturated heterocycles. The van der Waals surface area contributed by atoms with Crippen LogP contribution in [-0.4, -0.2) is 33.3 Å². The number of aryl methyl sites for hydroxylation is 2. The summed E-state index contributed by atoms with van der Waals surface area (Å²) in [5.41, 5.74) is 4.27. The largest absolute Gasteiger partial charge is 0.493 e. The first-order valence-electron chi connectivity index (χ1n) is 11.5. The Morgan fingerprint density at radius 1 is 1.17 bits per heavy atom. The first-order valence-corrected chi connectivity index (χ1v) is 12.3. The van der Waals surface area contributed by atoms with Crippen molar-refractivity contribution in [1.29, 1.82) is 0 Å². The Morgan fingerprint density at radius 3 is 2.81 bits per heavy atom. The number of nitrogens with zero attached hydrogens (tertiary/aromatic N) is 3. The number of hydrogen-bond acceptors (Lipinski definition) is 8. The zero-order chi connectivity index (χ0) is 25.2. The highest BCUT2D eigenvalue weighted by Crippen LogP contribution is 2.35. The lowest BCUT2D eigenvalue weighted by Gasteiger charge is -2.11. The van der Waals surface area contributed by atoms with Gasteiger partial charge in [0, 0.05) is 27.8 Å². The second-order valence-electron chi connectivity index (χ2n) is 8.29. The molecular formula is C26H24FN5O3S. The number of nitrogens with one attached hydrogen (secondary N) is 2. The van der Waals surface area contributed by atoms with Gasteiger partial charge in [-0.05, 0) is 68.0 Å². The maximum Gasteiger partial charge on any atom is 0.439 e. The molecule has 5 aromatic rings. The van der Waals surface area contributed by atoms with Crippen LogP contribution in [0.2, 0.25) is 0 Å². The molecule has 0 aliphatic rings. The van der Waals surface area contributed by atoms with Crippen LogP contribution < -0.4 is 15.8 Å². The summed E-state index contributed by atoms with van der Waals surface area (Å²) in [6, 6.07) is 10.6. The van der Waals surface area contributed by atoms with Gasteiger partial charge in [-0.15, -0.1) is 11.3 Å². The number of anilines is 1. The van der Waals surface area contributed by atoms with Crippen LogP contribution in [0.5, 0.6) is 5.75 Å². The number of thiophene rings is 1. The van der Waals surface area contributed by atoms with Crippen LogP contribution >= 0.6 is 11.3 Å². The molecule has 3 aromatic heterocycles. The zero-order valence-electron chi connectivity index (χ0n) is 20.0. The average Bonchev–Trinajstić information content (AvgIpc) is 3.43. The van der Waals surface area contributed by atoms with E-state index in [-0.39, 0.29) is 5.82 Å². The van der Waals surface area contributed by atoms with E-state index in [9.17, 15) is 9.18 Å². The molecule has 184 valence electrons. The van der Waals surface area contributed by atoms with Crippen LogP contribution in [0.25, 0.3) is 32.7 Å². The number of H-pyrrole nitrogens is 1. The van der Waals surface area contributed by atoms with Gasteiger partial charge in [-0.25, -0.2) is 19.2 Å². The summed E-state index contributed by atoms with van der Waals surface area (Å²) in [7, 11) is 0. The third-order valence-electron chi connectivity index (χ3n) is 5.87. The minimum atomic E-state index is -0.631. The molecule has 5 rings (SSSR count). The van der Waals surface area contributed by atoms with Crippen LogP contribution in [0.3, 0.4) is 0 Å². The molecule has 0 spiro atoms. The van der Waals surface area contributed by atoms with Crippen molar-refractivity contribution in [3.05, 3.63) is 75.1 Å². The van der Waals surface area contributed by atoms with Gasteiger partial charge in [-0.1, -0.05) is 11.2 Å². The zero-order valence-corrected chi connectivity index (χ0v) is 20.8. The third-order valence-corrected chi connectivity index (χ3v) is 7.16. The number of benzene rings is 2. The Hall–Kier alpha value is -4.05. The van der Waals surface area contributed by atoms with Crippen molar-refractivity contribution in [2.45, 2.75) is 27.2 Å². The molecule has 0 atom stereocenters. The number of halogens is 1. The predicted molar refractivity (Wildman–Crippen MR) is 138 cm³/mol. The third kappa shape index (κ3) is 4.72. The fourth-order valence-electron chi connectivity index (χ4n) is 4.23. The highest BCUT2D eigenvalue weighted by atomic mass is 32.1. The minimum Gasteiger partial charge on any atom is -0.493 e. The topological polar surface area (TPSA) is 106 Å². The van der Waals surface area contributed by atoms with Crippen LogP contribution in [0.15, 0.2) is 52.0 Å². The van der Waals surface area contributed by atoms with Gasteiger partial charge in [-0.2, -0.15) is 0 Å². The van der Waals surface area contributed by atoms with Gasteiger partial charge in [0.1, 0.15) is 23.7 Å². The number of hydrogen-bond donors (Lipinski definition) is 2. The van der Waals surface area contributed by atoms with Crippen molar-refractivity contribution < 1.29 is 13.7 Å². The fraction of sp³-hybridized carbons (Fsp3) is 0.231. The first-order chi connectivity index (χ1) is 17.4. The van der Waals surface area contributed by atoms with Crippen LogP contribution in [-0.2, 0) is 6.42 Å². The molecule has 2 N–H and O–H groups in total. The molecule has 0 bridgehead atoms. The SMILES string of the molecule is CCOc1cc(-c2cc(NCCc3c(C)sc4c(C)cc(F)cc34)ncn2)ccc1-c1noc(=O)[nH]1. The molecular weight excluding hydrogens is 481 g/mol. The molecule has 0 aliphatic carbocycles. The van der Waals surface area contributed by atoms with E-state index in [0.717, 1.165) is 33.2 Å². The van der Waals surface area contributed by atoms with Crippen LogP contribution in [0, 0.1) is 19.7 Å². The summed E-state index contributed by atoms with van der Waals surface area (Å²) in [6.45, 7) is 6.98. The molecule has 0 amide bonds. The average molecular weight is 506 g/mol. The van der Waals surface area contributed by atoms with Crippen molar-refractivity contribution in [2.75, 3.05) is 18.5 Å². The highest BCUT2D eigenvalue weighted by molar-refractivity contribution is 7.19. The second-order valence-corrected chi connectivity index (χ2v) is 9.51. The lowest BCUT2D eigenvalue weighted by atomic mass is 10.1. The van der Waals surface area contributed by atoms with Crippen molar-refractivity contribution >= 4 is 27.2 Å². The Kier molecular flexibility index (Phi) is 6.51. The number of rotatable bonds is 8. The summed E-state index contributed by atoms with van der Waals surface area (Å²) in [5, 5.41) is 8.10. The number of aromatic nitrogens is 4. The molecule has 0 saturated carbocycles. The number of ether oxygens (including phenoxy) is 1. The molecule has 0 aliphatic heterocycles. The van der Waals surface area contributed by atoms with Crippen molar-refractivity contribution in [2.24, 2.45) is 0 Å². The summed E-state index contributed by atoms with van der Waals surface area (Å²) in [5.74, 6) is 0.692. The number of aromatic amines is 1. The maximum atomic E-state index is 14.0. The normalized spacial score (nSPS) is 11.2. The molecule has 0 radical (unpaired) electrons. The Bertz CT molecular complexity index is 1610. The van der Waals surface area contributed by atoms with Gasteiger partial charge in [0.05, 0.1) is 17.9 Å². The summed E-state index contributed by atoms with van der Waals surface area (Å²) < 4.78 is 25.6. The second kappa shape index (κ2) is 9.90. The molecule has 0 fully saturated rings.